The van der Waals surface area contributed by atoms with Gasteiger partial charge in [-0.3, -0.25) is 9.59 Å². The van der Waals surface area contributed by atoms with Crippen LogP contribution in [-0.2, 0) is 9.59 Å². The minimum absolute atomic E-state index is 0.116. The first-order valence-electron chi connectivity index (χ1n) is 7.88. The summed E-state index contributed by atoms with van der Waals surface area (Å²) in [5, 5.41) is 5.96. The first kappa shape index (κ1) is 18.8. The Balaban J connectivity index is 1.80. The second-order valence-corrected chi connectivity index (χ2v) is 6.23. The topological polar surface area (TPSA) is 67.4 Å². The van der Waals surface area contributed by atoms with Crippen LogP contribution < -0.4 is 15.4 Å². The van der Waals surface area contributed by atoms with Crippen molar-refractivity contribution in [3.8, 4) is 5.75 Å². The van der Waals surface area contributed by atoms with Gasteiger partial charge in [-0.1, -0.05) is 29.8 Å². The smallest absolute Gasteiger partial charge is 0.258 e. The number of carbonyl (C=O) groups excluding carboxylic acids is 2. The predicted octanol–water partition coefficient (Wildman–Crippen LogP) is 3.40. The standard InChI is InChI=1S/C19H21ClN2O3/c1-12-5-4-6-13(2)19(12)22-17(23)10-21-18(24)11-25-16-8-7-15(20)9-14(16)3/h4-9H,10-11H2,1-3H3,(H,21,24)(H,22,23). The summed E-state index contributed by atoms with van der Waals surface area (Å²) in [6, 6.07) is 10.9. The molecule has 0 aliphatic rings. The predicted molar refractivity (Wildman–Crippen MR) is 99.2 cm³/mol. The fourth-order valence-corrected chi connectivity index (χ4v) is 2.57. The van der Waals surface area contributed by atoms with Crippen molar-refractivity contribution in [3.05, 3.63) is 58.1 Å². The molecule has 2 rings (SSSR count). The highest BCUT2D eigenvalue weighted by atomic mass is 35.5. The molecule has 0 aliphatic heterocycles. The van der Waals surface area contributed by atoms with Gasteiger partial charge in [0.1, 0.15) is 5.75 Å². The third kappa shape index (κ3) is 5.50. The number of nitrogens with one attached hydrogen (secondary N) is 2. The fraction of sp³-hybridized carbons (Fsp3) is 0.263. The van der Waals surface area contributed by atoms with E-state index in [9.17, 15) is 9.59 Å². The van der Waals surface area contributed by atoms with Gasteiger partial charge in [0.25, 0.3) is 5.91 Å². The number of para-hydroxylation sites is 1. The maximum Gasteiger partial charge on any atom is 0.258 e. The molecule has 2 aromatic rings. The number of aryl methyl sites for hydroxylation is 3. The molecule has 0 radical (unpaired) electrons. The van der Waals surface area contributed by atoms with E-state index in [1.165, 1.54) is 0 Å². The van der Waals surface area contributed by atoms with Crippen molar-refractivity contribution < 1.29 is 14.3 Å². The number of halogens is 1. The number of benzene rings is 2. The summed E-state index contributed by atoms with van der Waals surface area (Å²) in [6.45, 7) is 5.40. The molecule has 6 heteroatoms. The third-order valence-electron chi connectivity index (χ3n) is 3.69. The second kappa shape index (κ2) is 8.53. The van der Waals surface area contributed by atoms with Gasteiger partial charge in [-0.15, -0.1) is 0 Å². The molecule has 0 atom stereocenters. The highest BCUT2D eigenvalue weighted by Gasteiger charge is 2.10. The van der Waals surface area contributed by atoms with Gasteiger partial charge < -0.3 is 15.4 Å². The van der Waals surface area contributed by atoms with Crippen LogP contribution in [0.4, 0.5) is 5.69 Å². The Morgan fingerprint density at radius 3 is 2.32 bits per heavy atom. The molecule has 2 aromatic carbocycles. The lowest BCUT2D eigenvalue weighted by molar-refractivity contribution is -0.125. The average molecular weight is 361 g/mol. The van der Waals surface area contributed by atoms with Crippen molar-refractivity contribution in [2.75, 3.05) is 18.5 Å². The maximum absolute atomic E-state index is 12.0. The summed E-state index contributed by atoms with van der Waals surface area (Å²) < 4.78 is 5.44. The Morgan fingerprint density at radius 1 is 1.00 bits per heavy atom. The molecule has 0 saturated carbocycles. The van der Waals surface area contributed by atoms with Crippen molar-refractivity contribution in [2.24, 2.45) is 0 Å². The van der Waals surface area contributed by atoms with E-state index in [0.717, 1.165) is 22.4 Å². The molecule has 5 nitrogen and oxygen atoms in total. The van der Waals surface area contributed by atoms with E-state index in [1.54, 1.807) is 18.2 Å². The van der Waals surface area contributed by atoms with E-state index in [4.69, 9.17) is 16.3 Å². The summed E-state index contributed by atoms with van der Waals surface area (Å²) in [5.74, 6) is -0.0704. The molecular weight excluding hydrogens is 340 g/mol. The Bertz CT molecular complexity index is 770. The van der Waals surface area contributed by atoms with Gasteiger partial charge in [-0.2, -0.15) is 0 Å². The van der Waals surface area contributed by atoms with Crippen LogP contribution in [0.25, 0.3) is 0 Å². The SMILES string of the molecule is Cc1cc(Cl)ccc1OCC(=O)NCC(=O)Nc1c(C)cccc1C. The van der Waals surface area contributed by atoms with E-state index in [1.807, 2.05) is 39.0 Å². The molecule has 0 heterocycles. The number of amides is 2. The fourth-order valence-electron chi connectivity index (χ4n) is 2.34. The lowest BCUT2D eigenvalue weighted by Crippen LogP contribution is -2.36. The molecule has 0 spiro atoms. The maximum atomic E-state index is 12.0. The van der Waals surface area contributed by atoms with Crippen LogP contribution in [0.5, 0.6) is 5.75 Å². The zero-order chi connectivity index (χ0) is 18.4. The third-order valence-corrected chi connectivity index (χ3v) is 3.92. The van der Waals surface area contributed by atoms with Crippen LogP contribution in [-0.4, -0.2) is 25.0 Å². The number of anilines is 1. The lowest BCUT2D eigenvalue weighted by Gasteiger charge is -2.12. The van der Waals surface area contributed by atoms with Gasteiger partial charge in [-0.25, -0.2) is 0 Å². The number of carbonyl (C=O) groups is 2. The van der Waals surface area contributed by atoms with E-state index in [2.05, 4.69) is 10.6 Å². The van der Waals surface area contributed by atoms with E-state index in [0.29, 0.717) is 10.8 Å². The van der Waals surface area contributed by atoms with E-state index >= 15 is 0 Å². The second-order valence-electron chi connectivity index (χ2n) is 5.79. The number of ether oxygens (including phenoxy) is 1. The average Bonchev–Trinajstić information content (AvgIpc) is 2.55. The molecule has 2 amide bonds. The van der Waals surface area contributed by atoms with Crippen LogP contribution in [0.3, 0.4) is 0 Å². The Kier molecular flexibility index (Phi) is 6.42. The largest absolute Gasteiger partial charge is 0.484 e. The highest BCUT2D eigenvalue weighted by Crippen LogP contribution is 2.21. The van der Waals surface area contributed by atoms with Crippen molar-refractivity contribution >= 4 is 29.1 Å². The van der Waals surface area contributed by atoms with Gasteiger partial charge in [0.2, 0.25) is 5.91 Å². The first-order chi connectivity index (χ1) is 11.9. The van der Waals surface area contributed by atoms with Gasteiger partial charge in [0.15, 0.2) is 6.61 Å². The zero-order valence-electron chi connectivity index (χ0n) is 14.5. The molecule has 2 N–H and O–H groups in total. The summed E-state index contributed by atoms with van der Waals surface area (Å²) in [7, 11) is 0. The van der Waals surface area contributed by atoms with Gasteiger partial charge in [0, 0.05) is 10.7 Å². The van der Waals surface area contributed by atoms with Crippen LogP contribution in [0.1, 0.15) is 16.7 Å². The number of hydrogen-bond acceptors (Lipinski definition) is 3. The summed E-state index contributed by atoms with van der Waals surface area (Å²) in [5.41, 5.74) is 3.56. The molecule has 0 aromatic heterocycles. The van der Waals surface area contributed by atoms with Gasteiger partial charge in [-0.05, 0) is 55.7 Å². The molecule has 0 fully saturated rings. The van der Waals surface area contributed by atoms with Crippen molar-refractivity contribution in [3.63, 3.8) is 0 Å². The number of rotatable bonds is 6. The normalized spacial score (nSPS) is 10.2. The van der Waals surface area contributed by atoms with Crippen molar-refractivity contribution in [1.82, 2.24) is 5.32 Å². The quantitative estimate of drug-likeness (QED) is 0.829. The lowest BCUT2D eigenvalue weighted by atomic mass is 10.1. The molecule has 25 heavy (non-hydrogen) atoms. The molecule has 132 valence electrons. The summed E-state index contributed by atoms with van der Waals surface area (Å²) in [6.07, 6.45) is 0. The van der Waals surface area contributed by atoms with E-state index in [-0.39, 0.29) is 25.0 Å². The van der Waals surface area contributed by atoms with Gasteiger partial charge in [0.05, 0.1) is 6.54 Å². The van der Waals surface area contributed by atoms with Crippen LogP contribution in [0, 0.1) is 20.8 Å². The number of hydrogen-bond donors (Lipinski definition) is 2. The summed E-state index contributed by atoms with van der Waals surface area (Å²) in [4.78, 5) is 23.8. The molecular formula is C19H21ClN2O3. The van der Waals surface area contributed by atoms with Crippen molar-refractivity contribution in [1.29, 1.82) is 0 Å². The Hall–Kier alpha value is -2.53. The van der Waals surface area contributed by atoms with Crippen LogP contribution in [0.15, 0.2) is 36.4 Å². The molecule has 0 aliphatic carbocycles. The van der Waals surface area contributed by atoms with E-state index < -0.39 is 0 Å². The minimum Gasteiger partial charge on any atom is -0.484 e. The molecule has 0 saturated heterocycles. The summed E-state index contributed by atoms with van der Waals surface area (Å²) >= 11 is 5.87. The molecule has 0 unspecified atom stereocenters. The highest BCUT2D eigenvalue weighted by molar-refractivity contribution is 6.30. The van der Waals surface area contributed by atoms with Crippen LogP contribution >= 0.6 is 11.6 Å². The van der Waals surface area contributed by atoms with Crippen molar-refractivity contribution in [2.45, 2.75) is 20.8 Å². The zero-order valence-corrected chi connectivity index (χ0v) is 15.2. The van der Waals surface area contributed by atoms with Crippen LogP contribution in [0.2, 0.25) is 5.02 Å². The Labute approximate surface area is 152 Å². The first-order valence-corrected chi connectivity index (χ1v) is 8.26. The monoisotopic (exact) mass is 360 g/mol. The molecule has 0 bridgehead atoms. The minimum atomic E-state index is -0.369. The Morgan fingerprint density at radius 2 is 1.68 bits per heavy atom. The van der Waals surface area contributed by atoms with Gasteiger partial charge >= 0.3 is 0 Å².